The van der Waals surface area contributed by atoms with Crippen molar-refractivity contribution in [1.82, 2.24) is 15.6 Å². The number of hydrogen-bond acceptors (Lipinski definition) is 2. The van der Waals surface area contributed by atoms with Gasteiger partial charge in [0.25, 0.3) is 5.91 Å². The van der Waals surface area contributed by atoms with Gasteiger partial charge in [0, 0.05) is 18.8 Å². The highest BCUT2D eigenvalue weighted by Gasteiger charge is 2.13. The molecule has 0 aromatic carbocycles. The zero-order valence-corrected chi connectivity index (χ0v) is 8.75. The first-order valence-corrected chi connectivity index (χ1v) is 5.51. The minimum Gasteiger partial charge on any atom is -0.357 e. The molecule has 1 amide bonds. The summed E-state index contributed by atoms with van der Waals surface area (Å²) >= 11 is 0. The summed E-state index contributed by atoms with van der Waals surface area (Å²) in [6.07, 6.45) is 5.27. The molecule has 4 heteroatoms. The van der Waals surface area contributed by atoms with Crippen LogP contribution in [0.25, 0.3) is 0 Å². The molecule has 3 N–H and O–H groups in total. The maximum Gasteiger partial charge on any atom is 0.267 e. The van der Waals surface area contributed by atoms with Crippen LogP contribution in [0.15, 0.2) is 18.3 Å². The Kier molecular flexibility index (Phi) is 3.40. The molecule has 15 heavy (non-hydrogen) atoms. The molecule has 0 bridgehead atoms. The maximum atomic E-state index is 11.5. The number of aromatic amines is 1. The first kappa shape index (κ1) is 10.2. The summed E-state index contributed by atoms with van der Waals surface area (Å²) < 4.78 is 0. The van der Waals surface area contributed by atoms with Gasteiger partial charge < -0.3 is 15.6 Å². The van der Waals surface area contributed by atoms with Crippen LogP contribution in [0, 0.1) is 0 Å². The molecule has 0 unspecified atom stereocenters. The van der Waals surface area contributed by atoms with Gasteiger partial charge in [-0.15, -0.1) is 0 Å². The van der Waals surface area contributed by atoms with Gasteiger partial charge in [0.15, 0.2) is 0 Å². The minimum absolute atomic E-state index is 0.0157. The van der Waals surface area contributed by atoms with Crippen LogP contribution in [-0.4, -0.2) is 30.0 Å². The van der Waals surface area contributed by atoms with Crippen molar-refractivity contribution < 1.29 is 4.79 Å². The summed E-state index contributed by atoms with van der Waals surface area (Å²) in [5, 5.41) is 6.31. The van der Waals surface area contributed by atoms with E-state index in [4.69, 9.17) is 0 Å². The van der Waals surface area contributed by atoms with E-state index in [1.54, 1.807) is 12.3 Å². The van der Waals surface area contributed by atoms with Crippen LogP contribution in [0.2, 0.25) is 0 Å². The molecule has 1 aromatic rings. The lowest BCUT2D eigenvalue weighted by molar-refractivity contribution is 0.0948. The molecule has 1 saturated heterocycles. The van der Waals surface area contributed by atoms with E-state index in [2.05, 4.69) is 15.6 Å². The highest BCUT2D eigenvalue weighted by molar-refractivity contribution is 5.92. The largest absolute Gasteiger partial charge is 0.357 e. The van der Waals surface area contributed by atoms with Gasteiger partial charge in [-0.25, -0.2) is 0 Å². The molecule has 1 aliphatic rings. The fourth-order valence-corrected chi connectivity index (χ4v) is 1.93. The topological polar surface area (TPSA) is 56.9 Å². The second-order valence-electron chi connectivity index (χ2n) is 3.92. The average Bonchev–Trinajstić information content (AvgIpc) is 2.90. The van der Waals surface area contributed by atoms with E-state index in [1.807, 2.05) is 6.07 Å². The molecule has 1 fully saturated rings. The molecular weight excluding hydrogens is 190 g/mol. The normalized spacial score (nSPS) is 20.4. The van der Waals surface area contributed by atoms with E-state index in [9.17, 15) is 4.79 Å². The Labute approximate surface area is 89.5 Å². The molecule has 0 aliphatic carbocycles. The summed E-state index contributed by atoms with van der Waals surface area (Å²) in [5.74, 6) is -0.0157. The van der Waals surface area contributed by atoms with Gasteiger partial charge in [0.1, 0.15) is 5.69 Å². The highest BCUT2D eigenvalue weighted by atomic mass is 16.1. The lowest BCUT2D eigenvalue weighted by atomic mass is 10.1. The van der Waals surface area contributed by atoms with Crippen LogP contribution in [0.4, 0.5) is 0 Å². The quantitative estimate of drug-likeness (QED) is 0.686. The third kappa shape index (κ3) is 2.83. The number of H-pyrrole nitrogens is 1. The van der Waals surface area contributed by atoms with Gasteiger partial charge in [0.2, 0.25) is 0 Å². The van der Waals surface area contributed by atoms with E-state index >= 15 is 0 Å². The van der Waals surface area contributed by atoms with Gasteiger partial charge in [-0.2, -0.15) is 0 Å². The molecule has 1 atom stereocenters. The van der Waals surface area contributed by atoms with Crippen molar-refractivity contribution >= 4 is 5.91 Å². The van der Waals surface area contributed by atoms with Crippen molar-refractivity contribution in [2.45, 2.75) is 25.3 Å². The maximum absolute atomic E-state index is 11.5. The Hall–Kier alpha value is -1.29. The van der Waals surface area contributed by atoms with E-state index in [-0.39, 0.29) is 5.91 Å². The molecule has 0 saturated carbocycles. The first-order chi connectivity index (χ1) is 7.36. The fraction of sp³-hybridized carbons (Fsp3) is 0.545. The zero-order valence-electron chi connectivity index (χ0n) is 8.75. The smallest absolute Gasteiger partial charge is 0.267 e. The van der Waals surface area contributed by atoms with Crippen LogP contribution in [0.1, 0.15) is 29.8 Å². The number of amides is 1. The number of rotatable bonds is 4. The Morgan fingerprint density at radius 2 is 2.53 bits per heavy atom. The lowest BCUT2D eigenvalue weighted by Gasteiger charge is -2.10. The standard InChI is InChI=1S/C11H17N3O/c15-11(10-4-2-7-13-10)14-8-5-9-3-1-6-12-9/h2,4,7,9,12-13H,1,3,5-6,8H2,(H,14,15)/t9-/m1/s1. The van der Waals surface area contributed by atoms with Crippen molar-refractivity contribution in [3.63, 3.8) is 0 Å². The lowest BCUT2D eigenvalue weighted by Crippen LogP contribution is -2.30. The summed E-state index contributed by atoms with van der Waals surface area (Å²) in [4.78, 5) is 14.4. The number of hydrogen-bond donors (Lipinski definition) is 3. The van der Waals surface area contributed by atoms with E-state index < -0.39 is 0 Å². The fourth-order valence-electron chi connectivity index (χ4n) is 1.93. The SMILES string of the molecule is O=C(NCC[C@H]1CCCN1)c1ccc[nH]1. The van der Waals surface area contributed by atoms with Crippen molar-refractivity contribution in [2.75, 3.05) is 13.1 Å². The third-order valence-electron chi connectivity index (χ3n) is 2.78. The Morgan fingerprint density at radius 3 is 3.20 bits per heavy atom. The van der Waals surface area contributed by atoms with E-state index in [1.165, 1.54) is 12.8 Å². The molecule has 4 nitrogen and oxygen atoms in total. The Bertz CT molecular complexity index is 302. The average molecular weight is 207 g/mol. The van der Waals surface area contributed by atoms with Gasteiger partial charge in [0.05, 0.1) is 0 Å². The molecule has 0 radical (unpaired) electrons. The highest BCUT2D eigenvalue weighted by Crippen LogP contribution is 2.07. The van der Waals surface area contributed by atoms with Crippen LogP contribution in [0.5, 0.6) is 0 Å². The molecule has 2 rings (SSSR count). The predicted octanol–water partition coefficient (Wildman–Crippen LogP) is 0.887. The van der Waals surface area contributed by atoms with Crippen molar-refractivity contribution in [1.29, 1.82) is 0 Å². The molecular formula is C11H17N3O. The first-order valence-electron chi connectivity index (χ1n) is 5.51. The van der Waals surface area contributed by atoms with Crippen molar-refractivity contribution in [3.8, 4) is 0 Å². The molecule has 0 spiro atoms. The van der Waals surface area contributed by atoms with Crippen LogP contribution in [0.3, 0.4) is 0 Å². The van der Waals surface area contributed by atoms with Gasteiger partial charge >= 0.3 is 0 Å². The van der Waals surface area contributed by atoms with Crippen LogP contribution in [-0.2, 0) is 0 Å². The third-order valence-corrected chi connectivity index (χ3v) is 2.78. The minimum atomic E-state index is -0.0157. The molecule has 82 valence electrons. The van der Waals surface area contributed by atoms with Crippen LogP contribution >= 0.6 is 0 Å². The van der Waals surface area contributed by atoms with Crippen molar-refractivity contribution in [3.05, 3.63) is 24.0 Å². The predicted molar refractivity (Wildman–Crippen MR) is 58.8 cm³/mol. The van der Waals surface area contributed by atoms with Crippen molar-refractivity contribution in [2.24, 2.45) is 0 Å². The number of carbonyl (C=O) groups is 1. The summed E-state index contributed by atoms with van der Waals surface area (Å²) in [6.45, 7) is 1.87. The molecule has 2 heterocycles. The zero-order chi connectivity index (χ0) is 10.5. The summed E-state index contributed by atoms with van der Waals surface area (Å²) in [7, 11) is 0. The van der Waals surface area contributed by atoms with Gasteiger partial charge in [-0.3, -0.25) is 4.79 Å². The second kappa shape index (κ2) is 4.98. The number of nitrogens with one attached hydrogen (secondary N) is 3. The van der Waals surface area contributed by atoms with E-state index in [0.29, 0.717) is 11.7 Å². The van der Waals surface area contributed by atoms with Gasteiger partial charge in [-0.05, 0) is 37.9 Å². The molecule has 1 aliphatic heterocycles. The monoisotopic (exact) mass is 207 g/mol. The number of aromatic nitrogens is 1. The van der Waals surface area contributed by atoms with Gasteiger partial charge in [-0.1, -0.05) is 0 Å². The summed E-state index contributed by atoms with van der Waals surface area (Å²) in [5.41, 5.74) is 0.634. The number of carbonyl (C=O) groups excluding carboxylic acids is 1. The van der Waals surface area contributed by atoms with E-state index in [0.717, 1.165) is 19.5 Å². The Balaban J connectivity index is 1.67. The Morgan fingerprint density at radius 1 is 1.60 bits per heavy atom. The van der Waals surface area contributed by atoms with Crippen LogP contribution < -0.4 is 10.6 Å². The second-order valence-corrected chi connectivity index (χ2v) is 3.92. The molecule has 1 aromatic heterocycles. The summed E-state index contributed by atoms with van der Waals surface area (Å²) in [6, 6.07) is 4.20.